The molecular formula is C19H20BrClN2O5. The highest BCUT2D eigenvalue weighted by Gasteiger charge is 2.18. The lowest BCUT2D eigenvalue weighted by atomic mass is 10.2. The maximum Gasteiger partial charge on any atom is 0.279 e. The molecule has 9 heteroatoms. The zero-order valence-corrected chi connectivity index (χ0v) is 17.9. The van der Waals surface area contributed by atoms with Crippen LogP contribution in [0.4, 0.5) is 0 Å². The number of ether oxygens (including phenoxy) is 3. The Morgan fingerprint density at radius 1 is 1.18 bits per heavy atom. The van der Waals surface area contributed by atoms with Gasteiger partial charge in [-0.25, -0.2) is 0 Å². The van der Waals surface area contributed by atoms with Gasteiger partial charge in [0.1, 0.15) is 5.75 Å². The number of halogens is 2. The van der Waals surface area contributed by atoms with Crippen LogP contribution >= 0.6 is 27.5 Å². The van der Waals surface area contributed by atoms with E-state index in [1.807, 2.05) is 6.92 Å². The average molecular weight is 472 g/mol. The van der Waals surface area contributed by atoms with Gasteiger partial charge in [0, 0.05) is 10.6 Å². The molecule has 0 saturated carbocycles. The summed E-state index contributed by atoms with van der Waals surface area (Å²) >= 11 is 9.16. The number of methoxy groups -OCH3 is 1. The number of carbonyl (C=O) groups is 2. The molecule has 0 bridgehead atoms. The number of carbonyl (C=O) groups excluding carboxylic acids is 2. The van der Waals surface area contributed by atoms with E-state index in [0.29, 0.717) is 33.4 Å². The first-order valence-electron chi connectivity index (χ1n) is 8.38. The molecule has 2 N–H and O–H groups in total. The third kappa shape index (κ3) is 5.77. The molecular weight excluding hydrogens is 452 g/mol. The van der Waals surface area contributed by atoms with Crippen molar-refractivity contribution in [3.05, 3.63) is 51.5 Å². The Balaban J connectivity index is 1.98. The van der Waals surface area contributed by atoms with E-state index in [-0.39, 0.29) is 5.56 Å². The van der Waals surface area contributed by atoms with Gasteiger partial charge < -0.3 is 14.2 Å². The molecule has 0 radical (unpaired) electrons. The monoisotopic (exact) mass is 470 g/mol. The molecule has 0 fully saturated rings. The highest BCUT2D eigenvalue weighted by Crippen LogP contribution is 2.36. The quantitative estimate of drug-likeness (QED) is 0.601. The van der Waals surface area contributed by atoms with Gasteiger partial charge in [0.05, 0.1) is 18.2 Å². The van der Waals surface area contributed by atoms with Crippen LogP contribution in [0.15, 0.2) is 40.9 Å². The summed E-state index contributed by atoms with van der Waals surface area (Å²) in [6.45, 7) is 3.85. The Bertz CT molecular complexity index is 845. The Labute approximate surface area is 176 Å². The van der Waals surface area contributed by atoms with Crippen LogP contribution in [-0.2, 0) is 4.79 Å². The fraction of sp³-hybridized carbons (Fsp3) is 0.263. The SMILES string of the molecule is CCOc1c(Br)cc(C(=O)NNC(=O)[C@H](C)Oc2ccc(Cl)cc2)cc1OC. The molecule has 0 unspecified atom stereocenters. The van der Waals surface area contributed by atoms with E-state index in [9.17, 15) is 9.59 Å². The lowest BCUT2D eigenvalue weighted by Crippen LogP contribution is -2.47. The number of nitrogens with one attached hydrogen (secondary N) is 2. The molecule has 0 saturated heterocycles. The third-order valence-electron chi connectivity index (χ3n) is 3.58. The Morgan fingerprint density at radius 3 is 2.46 bits per heavy atom. The van der Waals surface area contributed by atoms with Crippen LogP contribution in [0.3, 0.4) is 0 Å². The van der Waals surface area contributed by atoms with Crippen LogP contribution in [-0.4, -0.2) is 31.6 Å². The normalized spacial score (nSPS) is 11.3. The van der Waals surface area contributed by atoms with E-state index in [0.717, 1.165) is 0 Å². The third-order valence-corrected chi connectivity index (χ3v) is 4.42. The van der Waals surface area contributed by atoms with Crippen molar-refractivity contribution in [2.24, 2.45) is 0 Å². The zero-order chi connectivity index (χ0) is 20.7. The number of hydrogen-bond donors (Lipinski definition) is 2. The fourth-order valence-electron chi connectivity index (χ4n) is 2.20. The van der Waals surface area contributed by atoms with Crippen molar-refractivity contribution < 1.29 is 23.8 Å². The first-order valence-corrected chi connectivity index (χ1v) is 9.55. The molecule has 2 rings (SSSR count). The van der Waals surface area contributed by atoms with Gasteiger partial charge in [0.15, 0.2) is 17.6 Å². The van der Waals surface area contributed by atoms with Gasteiger partial charge in [0.25, 0.3) is 11.8 Å². The van der Waals surface area contributed by atoms with Crippen molar-refractivity contribution in [3.8, 4) is 17.2 Å². The number of amides is 2. The van der Waals surface area contributed by atoms with Gasteiger partial charge in [-0.15, -0.1) is 0 Å². The minimum Gasteiger partial charge on any atom is -0.493 e. The number of benzene rings is 2. The largest absolute Gasteiger partial charge is 0.493 e. The highest BCUT2D eigenvalue weighted by atomic mass is 79.9. The van der Waals surface area contributed by atoms with Crippen molar-refractivity contribution >= 4 is 39.3 Å². The van der Waals surface area contributed by atoms with E-state index < -0.39 is 17.9 Å². The molecule has 7 nitrogen and oxygen atoms in total. The Kier molecular flexibility index (Phi) is 7.95. The molecule has 0 aliphatic heterocycles. The zero-order valence-electron chi connectivity index (χ0n) is 15.5. The molecule has 0 aliphatic carbocycles. The molecule has 0 aliphatic rings. The van der Waals surface area contributed by atoms with E-state index in [1.165, 1.54) is 13.2 Å². The maximum atomic E-state index is 12.4. The van der Waals surface area contributed by atoms with Gasteiger partial charge in [-0.3, -0.25) is 20.4 Å². The number of hydrazine groups is 1. The Morgan fingerprint density at radius 2 is 1.86 bits per heavy atom. The van der Waals surface area contributed by atoms with Gasteiger partial charge in [-0.2, -0.15) is 0 Å². The second kappa shape index (κ2) is 10.2. The van der Waals surface area contributed by atoms with E-state index in [2.05, 4.69) is 26.8 Å². The summed E-state index contributed by atoms with van der Waals surface area (Å²) in [7, 11) is 1.48. The molecule has 1 atom stereocenters. The number of hydrogen-bond acceptors (Lipinski definition) is 5. The van der Waals surface area contributed by atoms with E-state index >= 15 is 0 Å². The summed E-state index contributed by atoms with van der Waals surface area (Å²) in [5.41, 5.74) is 4.96. The second-order valence-electron chi connectivity index (χ2n) is 5.58. The van der Waals surface area contributed by atoms with Gasteiger partial charge in [-0.1, -0.05) is 11.6 Å². The summed E-state index contributed by atoms with van der Waals surface area (Å²) in [5, 5.41) is 0.564. The topological polar surface area (TPSA) is 85.9 Å². The molecule has 2 aromatic rings. The molecule has 0 heterocycles. The lowest BCUT2D eigenvalue weighted by Gasteiger charge is -2.16. The minimum absolute atomic E-state index is 0.277. The predicted molar refractivity (Wildman–Crippen MR) is 109 cm³/mol. The summed E-state index contributed by atoms with van der Waals surface area (Å²) < 4.78 is 16.8. The standard InChI is InChI=1S/C19H20BrClN2O5/c1-4-27-17-15(20)9-12(10-16(17)26-3)19(25)23-22-18(24)11(2)28-14-7-5-13(21)6-8-14/h5-11H,4H2,1-3H3,(H,22,24)(H,23,25)/t11-/m0/s1. The fourth-order valence-corrected chi connectivity index (χ4v) is 2.88. The molecule has 2 aromatic carbocycles. The number of rotatable bonds is 7. The van der Waals surface area contributed by atoms with Crippen LogP contribution in [0, 0.1) is 0 Å². The summed E-state index contributed by atoms with van der Waals surface area (Å²) in [5.74, 6) is 0.343. The highest BCUT2D eigenvalue weighted by molar-refractivity contribution is 9.10. The molecule has 150 valence electrons. The van der Waals surface area contributed by atoms with Gasteiger partial charge in [-0.05, 0) is 66.2 Å². The van der Waals surface area contributed by atoms with Crippen molar-refractivity contribution in [2.75, 3.05) is 13.7 Å². The van der Waals surface area contributed by atoms with Gasteiger partial charge in [0.2, 0.25) is 0 Å². The van der Waals surface area contributed by atoms with Crippen molar-refractivity contribution in [1.29, 1.82) is 0 Å². The van der Waals surface area contributed by atoms with E-state index in [1.54, 1.807) is 37.3 Å². The first-order chi connectivity index (χ1) is 13.3. The van der Waals surface area contributed by atoms with Crippen LogP contribution in [0.5, 0.6) is 17.2 Å². The molecule has 0 spiro atoms. The minimum atomic E-state index is -0.830. The van der Waals surface area contributed by atoms with Crippen LogP contribution in [0.1, 0.15) is 24.2 Å². The van der Waals surface area contributed by atoms with Crippen LogP contribution in [0.2, 0.25) is 5.02 Å². The summed E-state index contributed by atoms with van der Waals surface area (Å²) in [4.78, 5) is 24.5. The summed E-state index contributed by atoms with van der Waals surface area (Å²) in [6.07, 6.45) is -0.830. The molecule has 0 aromatic heterocycles. The first kappa shape index (κ1) is 21.8. The average Bonchev–Trinajstić information content (AvgIpc) is 2.68. The van der Waals surface area contributed by atoms with Crippen LogP contribution in [0.25, 0.3) is 0 Å². The van der Waals surface area contributed by atoms with Gasteiger partial charge >= 0.3 is 0 Å². The van der Waals surface area contributed by atoms with Crippen molar-refractivity contribution in [1.82, 2.24) is 10.9 Å². The van der Waals surface area contributed by atoms with Crippen LogP contribution < -0.4 is 25.1 Å². The smallest absolute Gasteiger partial charge is 0.279 e. The molecule has 2 amide bonds. The lowest BCUT2D eigenvalue weighted by molar-refractivity contribution is -0.128. The second-order valence-corrected chi connectivity index (χ2v) is 6.87. The van der Waals surface area contributed by atoms with Crippen molar-refractivity contribution in [3.63, 3.8) is 0 Å². The molecule has 28 heavy (non-hydrogen) atoms. The predicted octanol–water partition coefficient (Wildman–Crippen LogP) is 3.74. The van der Waals surface area contributed by atoms with E-state index in [4.69, 9.17) is 25.8 Å². The van der Waals surface area contributed by atoms with Crippen molar-refractivity contribution in [2.45, 2.75) is 20.0 Å². The summed E-state index contributed by atoms with van der Waals surface area (Å²) in [6, 6.07) is 9.69. The maximum absolute atomic E-state index is 12.4. The Hall–Kier alpha value is -2.45.